The molecule has 3 nitrogen and oxygen atoms in total. The van der Waals surface area contributed by atoms with Gasteiger partial charge in [0.25, 0.3) is 0 Å². The predicted octanol–water partition coefficient (Wildman–Crippen LogP) is 3.09. The SMILES string of the molecule is CN(CC1CC(Cl)C1)S(=O)(=O)c1ccccc1Br. The molecule has 18 heavy (non-hydrogen) atoms. The van der Waals surface area contributed by atoms with Crippen LogP contribution < -0.4 is 0 Å². The lowest BCUT2D eigenvalue weighted by atomic mass is 9.85. The van der Waals surface area contributed by atoms with Gasteiger partial charge in [-0.15, -0.1) is 11.6 Å². The van der Waals surface area contributed by atoms with E-state index in [1.54, 1.807) is 31.3 Å². The quantitative estimate of drug-likeness (QED) is 0.781. The van der Waals surface area contributed by atoms with Crippen LogP contribution in [0.1, 0.15) is 12.8 Å². The Labute approximate surface area is 121 Å². The first-order chi connectivity index (χ1) is 8.41. The minimum Gasteiger partial charge on any atom is -0.207 e. The number of alkyl halides is 1. The van der Waals surface area contributed by atoms with E-state index in [-0.39, 0.29) is 5.38 Å². The largest absolute Gasteiger partial charge is 0.243 e. The van der Waals surface area contributed by atoms with Gasteiger partial charge in [-0.1, -0.05) is 12.1 Å². The van der Waals surface area contributed by atoms with Crippen molar-refractivity contribution in [2.45, 2.75) is 23.1 Å². The molecule has 1 aliphatic rings. The topological polar surface area (TPSA) is 37.4 Å². The molecule has 2 rings (SSSR count). The van der Waals surface area contributed by atoms with Crippen LogP contribution in [0.5, 0.6) is 0 Å². The maximum Gasteiger partial charge on any atom is 0.243 e. The first kappa shape index (κ1) is 14.3. The van der Waals surface area contributed by atoms with Crippen LogP contribution >= 0.6 is 27.5 Å². The molecule has 0 saturated heterocycles. The maximum atomic E-state index is 12.4. The minimum atomic E-state index is -3.42. The van der Waals surface area contributed by atoms with E-state index in [2.05, 4.69) is 15.9 Å². The molecule has 0 atom stereocenters. The van der Waals surface area contributed by atoms with Crippen molar-refractivity contribution in [2.75, 3.05) is 13.6 Å². The van der Waals surface area contributed by atoms with Crippen molar-refractivity contribution in [3.63, 3.8) is 0 Å². The molecular formula is C12H15BrClNO2S. The second-order valence-electron chi connectivity index (χ2n) is 4.65. The van der Waals surface area contributed by atoms with Crippen LogP contribution in [0.4, 0.5) is 0 Å². The zero-order valence-corrected chi connectivity index (χ0v) is 13.2. The van der Waals surface area contributed by atoms with Crippen LogP contribution in [0.3, 0.4) is 0 Å². The van der Waals surface area contributed by atoms with Crippen molar-refractivity contribution in [1.82, 2.24) is 4.31 Å². The summed E-state index contributed by atoms with van der Waals surface area (Å²) in [4.78, 5) is 0.314. The van der Waals surface area contributed by atoms with Gasteiger partial charge in [0.15, 0.2) is 0 Å². The molecule has 0 amide bonds. The maximum absolute atomic E-state index is 12.4. The molecule has 1 aromatic carbocycles. The lowest BCUT2D eigenvalue weighted by Crippen LogP contribution is -2.38. The van der Waals surface area contributed by atoms with Gasteiger partial charge in [0, 0.05) is 23.4 Å². The fourth-order valence-corrected chi connectivity index (χ4v) is 4.80. The van der Waals surface area contributed by atoms with E-state index in [0.29, 0.717) is 21.8 Å². The summed E-state index contributed by atoms with van der Waals surface area (Å²) in [5.41, 5.74) is 0. The minimum absolute atomic E-state index is 0.217. The Kier molecular flexibility index (Phi) is 4.36. The molecule has 100 valence electrons. The number of nitrogens with zero attached hydrogens (tertiary/aromatic N) is 1. The Morgan fingerprint density at radius 3 is 2.56 bits per heavy atom. The standard InChI is InChI=1S/C12H15BrClNO2S/c1-15(8-9-6-10(14)7-9)18(16,17)12-5-3-2-4-11(12)13/h2-5,9-10H,6-8H2,1H3. The third-order valence-electron chi connectivity index (χ3n) is 3.22. The predicted molar refractivity (Wildman–Crippen MR) is 76.3 cm³/mol. The van der Waals surface area contributed by atoms with Gasteiger partial charge in [0.2, 0.25) is 10.0 Å². The summed E-state index contributed by atoms with van der Waals surface area (Å²) in [6.07, 6.45) is 1.80. The molecule has 1 fully saturated rings. The summed E-state index contributed by atoms with van der Waals surface area (Å²) in [7, 11) is -1.79. The van der Waals surface area contributed by atoms with Gasteiger partial charge in [0.05, 0.1) is 4.90 Å². The fraction of sp³-hybridized carbons (Fsp3) is 0.500. The number of halogens is 2. The van der Waals surface area contributed by atoms with Gasteiger partial charge in [-0.3, -0.25) is 0 Å². The van der Waals surface area contributed by atoms with Crippen LogP contribution in [-0.2, 0) is 10.0 Å². The molecule has 1 saturated carbocycles. The van der Waals surface area contributed by atoms with Gasteiger partial charge in [-0.05, 0) is 46.8 Å². The third kappa shape index (κ3) is 2.90. The number of benzene rings is 1. The van der Waals surface area contributed by atoms with Gasteiger partial charge < -0.3 is 0 Å². The molecule has 1 aromatic rings. The van der Waals surface area contributed by atoms with Crippen LogP contribution in [0.25, 0.3) is 0 Å². The van der Waals surface area contributed by atoms with E-state index < -0.39 is 10.0 Å². The Balaban J connectivity index is 2.13. The monoisotopic (exact) mass is 351 g/mol. The zero-order valence-electron chi connectivity index (χ0n) is 10.0. The number of rotatable bonds is 4. The smallest absolute Gasteiger partial charge is 0.207 e. The Morgan fingerprint density at radius 2 is 2.00 bits per heavy atom. The first-order valence-corrected chi connectivity index (χ1v) is 8.43. The van der Waals surface area contributed by atoms with Crippen molar-refractivity contribution >= 4 is 37.6 Å². The van der Waals surface area contributed by atoms with Crippen LogP contribution in [0.15, 0.2) is 33.6 Å². The molecule has 0 aliphatic heterocycles. The molecule has 0 N–H and O–H groups in total. The van der Waals surface area contributed by atoms with E-state index in [1.807, 2.05) is 0 Å². The lowest BCUT2D eigenvalue weighted by molar-refractivity contribution is 0.268. The number of hydrogen-bond donors (Lipinski definition) is 0. The van der Waals surface area contributed by atoms with E-state index in [9.17, 15) is 8.42 Å². The van der Waals surface area contributed by atoms with Crippen molar-refractivity contribution in [3.8, 4) is 0 Å². The Morgan fingerprint density at radius 1 is 1.39 bits per heavy atom. The van der Waals surface area contributed by atoms with E-state index in [4.69, 9.17) is 11.6 Å². The normalized spacial score (nSPS) is 24.0. The van der Waals surface area contributed by atoms with Crippen LogP contribution in [-0.4, -0.2) is 31.7 Å². The van der Waals surface area contributed by atoms with Crippen molar-refractivity contribution in [3.05, 3.63) is 28.7 Å². The van der Waals surface area contributed by atoms with Gasteiger partial charge in [-0.2, -0.15) is 0 Å². The fourth-order valence-electron chi connectivity index (χ4n) is 2.09. The van der Waals surface area contributed by atoms with E-state index >= 15 is 0 Å². The Bertz CT molecular complexity index is 529. The molecule has 0 aromatic heterocycles. The second kappa shape index (κ2) is 5.49. The molecule has 6 heteroatoms. The summed E-state index contributed by atoms with van der Waals surface area (Å²) in [5, 5.41) is 0.217. The molecule has 0 heterocycles. The molecular weight excluding hydrogens is 338 g/mol. The molecule has 0 unspecified atom stereocenters. The number of sulfonamides is 1. The highest BCUT2D eigenvalue weighted by Gasteiger charge is 2.32. The Hall–Kier alpha value is -0.100. The second-order valence-corrected chi connectivity index (χ2v) is 8.14. The third-order valence-corrected chi connectivity index (χ3v) is 6.41. The van der Waals surface area contributed by atoms with Crippen LogP contribution in [0.2, 0.25) is 0 Å². The zero-order chi connectivity index (χ0) is 13.3. The van der Waals surface area contributed by atoms with Gasteiger partial charge >= 0.3 is 0 Å². The molecule has 1 aliphatic carbocycles. The van der Waals surface area contributed by atoms with E-state index in [0.717, 1.165) is 12.8 Å². The van der Waals surface area contributed by atoms with Crippen LogP contribution in [0, 0.1) is 5.92 Å². The van der Waals surface area contributed by atoms with Gasteiger partial charge in [-0.25, -0.2) is 12.7 Å². The lowest BCUT2D eigenvalue weighted by Gasteiger charge is -2.33. The van der Waals surface area contributed by atoms with Crippen molar-refractivity contribution in [2.24, 2.45) is 5.92 Å². The highest BCUT2D eigenvalue weighted by molar-refractivity contribution is 9.10. The number of hydrogen-bond acceptors (Lipinski definition) is 2. The van der Waals surface area contributed by atoms with Crippen molar-refractivity contribution < 1.29 is 8.42 Å². The summed E-state index contributed by atoms with van der Waals surface area (Å²) < 4.78 is 26.8. The summed E-state index contributed by atoms with van der Waals surface area (Å²) in [5.74, 6) is 0.384. The molecule has 0 spiro atoms. The van der Waals surface area contributed by atoms with E-state index in [1.165, 1.54) is 4.31 Å². The highest BCUT2D eigenvalue weighted by atomic mass is 79.9. The average Bonchev–Trinajstić information content (AvgIpc) is 2.27. The van der Waals surface area contributed by atoms with Crippen molar-refractivity contribution in [1.29, 1.82) is 0 Å². The van der Waals surface area contributed by atoms with Gasteiger partial charge in [0.1, 0.15) is 0 Å². The summed E-state index contributed by atoms with van der Waals surface area (Å²) in [6.45, 7) is 0.535. The molecule has 0 bridgehead atoms. The average molecular weight is 353 g/mol. The molecule has 0 radical (unpaired) electrons. The summed E-state index contributed by atoms with van der Waals surface area (Å²) in [6, 6.07) is 6.87. The summed E-state index contributed by atoms with van der Waals surface area (Å²) >= 11 is 9.19. The highest BCUT2D eigenvalue weighted by Crippen LogP contribution is 2.33. The first-order valence-electron chi connectivity index (χ1n) is 5.76.